The third-order valence-electron chi connectivity index (χ3n) is 3.81. The number of nitroso groups, excluding NO2 is 1. The van der Waals surface area contributed by atoms with Crippen molar-refractivity contribution in [2.75, 3.05) is 7.11 Å². The molecule has 0 saturated carbocycles. The number of ketones is 1. The van der Waals surface area contributed by atoms with E-state index in [4.69, 9.17) is 4.74 Å². The van der Waals surface area contributed by atoms with Gasteiger partial charge in [-0.05, 0) is 19.1 Å². The Labute approximate surface area is 115 Å². The maximum absolute atomic E-state index is 12.9. The number of nitrogens with zero attached hydrogens (tertiary/aromatic N) is 2. The van der Waals surface area contributed by atoms with Crippen LogP contribution in [-0.2, 0) is 4.79 Å². The number of hydrogen-bond donors (Lipinski definition) is 0. The summed E-state index contributed by atoms with van der Waals surface area (Å²) in [6.45, 7) is 1.70. The minimum absolute atomic E-state index is 0.0670. The Morgan fingerprint density at radius 1 is 1.40 bits per heavy atom. The third kappa shape index (κ3) is 1.55. The molecule has 6 heteroatoms. The van der Waals surface area contributed by atoms with Crippen LogP contribution in [0, 0.1) is 10.1 Å². The predicted octanol–water partition coefficient (Wildman–Crippen LogP) is 2.43. The maximum Gasteiger partial charge on any atom is 0.293 e. The highest BCUT2D eigenvalue weighted by atomic mass is 16.5. The van der Waals surface area contributed by atoms with E-state index in [1.807, 2.05) is 0 Å². The summed E-state index contributed by atoms with van der Waals surface area (Å²) in [6.07, 6.45) is 3.57. The van der Waals surface area contributed by atoms with E-state index in [2.05, 4.69) is 0 Å². The lowest BCUT2D eigenvalue weighted by molar-refractivity contribution is -0.814. The number of fused-ring (bicyclic) bond motifs is 2. The first-order valence-corrected chi connectivity index (χ1v) is 6.17. The van der Waals surface area contributed by atoms with Crippen molar-refractivity contribution in [3.05, 3.63) is 58.0 Å². The molecule has 20 heavy (non-hydrogen) atoms. The van der Waals surface area contributed by atoms with Crippen LogP contribution in [-0.4, -0.2) is 22.3 Å². The van der Waals surface area contributed by atoms with E-state index in [0.29, 0.717) is 21.8 Å². The number of hydrogen-bond acceptors (Lipinski definition) is 4. The van der Waals surface area contributed by atoms with Gasteiger partial charge in [0, 0.05) is 17.0 Å². The molecule has 102 valence electrons. The standard InChI is InChI=1S/C14H13N2O4/c1-9-11-7-10(20-2)3-4-12(11)15(18)8-13-14(17)5-6-16(9,13)19/h3-9H,1-2H3/q+1. The summed E-state index contributed by atoms with van der Waals surface area (Å²) in [5.74, 6) is 0.140. The minimum Gasteiger partial charge on any atom is -0.622 e. The molecule has 0 aliphatic carbocycles. The Bertz CT molecular complexity index is 692. The van der Waals surface area contributed by atoms with E-state index >= 15 is 0 Å². The molecule has 3 rings (SSSR count). The van der Waals surface area contributed by atoms with Gasteiger partial charge < -0.3 is 9.94 Å². The summed E-state index contributed by atoms with van der Waals surface area (Å²) in [4.78, 5) is 23.9. The van der Waals surface area contributed by atoms with Crippen molar-refractivity contribution in [3.63, 3.8) is 0 Å². The van der Waals surface area contributed by atoms with Gasteiger partial charge in [0.05, 0.1) is 17.4 Å². The van der Waals surface area contributed by atoms with Crippen molar-refractivity contribution in [3.8, 4) is 5.75 Å². The number of carbonyl (C=O) groups is 1. The fourth-order valence-corrected chi connectivity index (χ4v) is 2.59. The topological polar surface area (TPSA) is 69.4 Å². The van der Waals surface area contributed by atoms with Crippen molar-refractivity contribution < 1.29 is 18.9 Å². The van der Waals surface area contributed by atoms with Crippen molar-refractivity contribution in [2.24, 2.45) is 0 Å². The van der Waals surface area contributed by atoms with Gasteiger partial charge in [-0.25, -0.2) is 0 Å². The second kappa shape index (κ2) is 4.09. The molecule has 1 aromatic rings. The molecule has 1 aromatic carbocycles. The lowest BCUT2D eigenvalue weighted by Crippen LogP contribution is -2.36. The van der Waals surface area contributed by atoms with Crippen LogP contribution in [0.3, 0.4) is 0 Å². The Morgan fingerprint density at radius 3 is 2.85 bits per heavy atom. The van der Waals surface area contributed by atoms with Crippen LogP contribution >= 0.6 is 0 Å². The molecule has 0 radical (unpaired) electrons. The number of methoxy groups -OCH3 is 1. The van der Waals surface area contributed by atoms with Crippen LogP contribution in [0.1, 0.15) is 18.5 Å². The molecular weight excluding hydrogens is 260 g/mol. The summed E-state index contributed by atoms with van der Waals surface area (Å²) in [7, 11) is 1.52. The van der Waals surface area contributed by atoms with Gasteiger partial charge in [-0.3, -0.25) is 9.44 Å². The molecule has 2 heterocycles. The molecule has 0 N–H and O–H groups in total. The lowest BCUT2D eigenvalue weighted by atomic mass is 10.0. The monoisotopic (exact) mass is 273 g/mol. The number of hydroxylamine groups is 3. The first kappa shape index (κ1) is 12.7. The highest BCUT2D eigenvalue weighted by Crippen LogP contribution is 2.44. The normalized spacial score (nSPS) is 27.8. The van der Waals surface area contributed by atoms with E-state index in [0.717, 1.165) is 6.20 Å². The quantitative estimate of drug-likeness (QED) is 0.447. The predicted molar refractivity (Wildman–Crippen MR) is 70.6 cm³/mol. The smallest absolute Gasteiger partial charge is 0.293 e. The highest BCUT2D eigenvalue weighted by Gasteiger charge is 2.46. The van der Waals surface area contributed by atoms with Crippen molar-refractivity contribution in [2.45, 2.75) is 13.0 Å². The van der Waals surface area contributed by atoms with Gasteiger partial charge in [-0.2, -0.15) is 0 Å². The van der Waals surface area contributed by atoms with Gasteiger partial charge in [-0.1, -0.05) is 0 Å². The van der Waals surface area contributed by atoms with E-state index < -0.39 is 16.5 Å². The largest absolute Gasteiger partial charge is 0.622 e. The number of allylic oxidation sites excluding steroid dienone is 1. The average Bonchev–Trinajstić information content (AvgIpc) is 2.71. The fourth-order valence-electron chi connectivity index (χ4n) is 2.59. The summed E-state index contributed by atoms with van der Waals surface area (Å²) < 4.78 is 4.76. The molecule has 2 aliphatic heterocycles. The first-order chi connectivity index (χ1) is 9.47. The summed E-state index contributed by atoms with van der Waals surface area (Å²) in [5.41, 5.74) is 0.845. The Hall–Kier alpha value is -2.31. The van der Waals surface area contributed by atoms with Gasteiger partial charge in [0.2, 0.25) is 0 Å². The Morgan fingerprint density at radius 2 is 2.15 bits per heavy atom. The van der Waals surface area contributed by atoms with Gasteiger partial charge >= 0.3 is 0 Å². The molecule has 0 bridgehead atoms. The number of ether oxygens (including phenoxy) is 1. The SMILES string of the molecule is COc1ccc2c(c1)C(C)[N+]1([O-])C=CC(=O)C1=C[N+]2=O. The van der Waals surface area contributed by atoms with E-state index in [-0.39, 0.29) is 5.70 Å². The molecule has 2 atom stereocenters. The van der Waals surface area contributed by atoms with E-state index in [9.17, 15) is 14.9 Å². The van der Waals surface area contributed by atoms with Crippen LogP contribution in [0.2, 0.25) is 0 Å². The molecule has 0 aromatic heterocycles. The van der Waals surface area contributed by atoms with Gasteiger partial charge in [0.25, 0.3) is 23.4 Å². The van der Waals surface area contributed by atoms with Crippen molar-refractivity contribution in [1.82, 2.24) is 0 Å². The number of benzene rings is 1. The van der Waals surface area contributed by atoms with Crippen LogP contribution in [0.4, 0.5) is 5.69 Å². The van der Waals surface area contributed by atoms with Crippen LogP contribution in [0.15, 0.2) is 42.4 Å². The highest BCUT2D eigenvalue weighted by molar-refractivity contribution is 6.03. The summed E-state index contributed by atoms with van der Waals surface area (Å²) >= 11 is 0. The molecule has 2 aliphatic rings. The van der Waals surface area contributed by atoms with E-state index in [1.165, 1.54) is 19.4 Å². The van der Waals surface area contributed by atoms with Gasteiger partial charge in [0.15, 0.2) is 0 Å². The Balaban J connectivity index is 2.25. The molecule has 0 fully saturated rings. The lowest BCUT2D eigenvalue weighted by Gasteiger charge is -2.39. The zero-order chi connectivity index (χ0) is 14.5. The van der Waals surface area contributed by atoms with Crippen LogP contribution in [0.5, 0.6) is 5.75 Å². The minimum atomic E-state index is -0.947. The first-order valence-electron chi connectivity index (χ1n) is 6.17. The zero-order valence-corrected chi connectivity index (χ0v) is 11.1. The number of rotatable bonds is 1. The van der Waals surface area contributed by atoms with Gasteiger partial charge in [0.1, 0.15) is 18.0 Å². The molecule has 0 amide bonds. The summed E-state index contributed by atoms with van der Waals surface area (Å²) in [5, 5.41) is 12.9. The Kier molecular flexibility index (Phi) is 2.60. The zero-order valence-electron chi connectivity index (χ0n) is 11.1. The third-order valence-corrected chi connectivity index (χ3v) is 3.81. The second-order valence-electron chi connectivity index (χ2n) is 4.83. The van der Waals surface area contributed by atoms with Gasteiger partial charge in [-0.15, -0.1) is 0 Å². The second-order valence-corrected chi connectivity index (χ2v) is 4.83. The number of carbonyl (C=O) groups excluding carboxylic acids is 1. The van der Waals surface area contributed by atoms with Crippen LogP contribution in [0.25, 0.3) is 0 Å². The average molecular weight is 273 g/mol. The van der Waals surface area contributed by atoms with E-state index in [1.54, 1.807) is 25.1 Å². The molecule has 0 spiro atoms. The molecule has 0 saturated heterocycles. The van der Waals surface area contributed by atoms with Crippen molar-refractivity contribution >= 4 is 11.5 Å². The fraction of sp³-hybridized carbons (Fsp3) is 0.214. The molecule has 6 nitrogen and oxygen atoms in total. The van der Waals surface area contributed by atoms with Crippen LogP contribution < -0.4 is 4.74 Å². The summed E-state index contributed by atoms with van der Waals surface area (Å²) in [6, 6.07) is 4.30. The van der Waals surface area contributed by atoms with Crippen molar-refractivity contribution in [1.29, 1.82) is 0 Å². The number of quaternary nitrogens is 1. The molecule has 2 unspecified atom stereocenters. The maximum atomic E-state index is 12.9. The molecular formula is C14H13N2O4+.